The minimum Gasteiger partial charge on any atom is -0.497 e. The summed E-state index contributed by atoms with van der Waals surface area (Å²) in [7, 11) is 1.60. The summed E-state index contributed by atoms with van der Waals surface area (Å²) < 4.78 is 16.8. The zero-order valence-corrected chi connectivity index (χ0v) is 16.8. The van der Waals surface area contributed by atoms with Gasteiger partial charge in [-0.05, 0) is 54.1 Å². The number of carbonyl (C=O) groups is 1. The SMILES string of the molecule is COc1ccc(C(=O)Nc2cccc(CNC[C@@H]3COc4ccccc4O3)c2)cc1. The standard InChI is InChI=1S/C24H24N2O4/c1-28-20-11-9-18(10-12-20)24(27)26-19-6-4-5-17(13-19)14-25-15-21-16-29-22-7-2-3-8-23(22)30-21/h2-13,21,25H,14-16H2,1H3,(H,26,27)/t21-/m1/s1. The summed E-state index contributed by atoms with van der Waals surface area (Å²) in [6, 6.07) is 22.5. The molecule has 30 heavy (non-hydrogen) atoms. The molecule has 154 valence electrons. The van der Waals surface area contributed by atoms with E-state index >= 15 is 0 Å². The number of rotatable bonds is 7. The number of methoxy groups -OCH3 is 1. The first kappa shape index (κ1) is 19.8. The van der Waals surface area contributed by atoms with E-state index in [9.17, 15) is 4.79 Å². The number of para-hydroxylation sites is 2. The molecule has 0 saturated carbocycles. The highest BCUT2D eigenvalue weighted by Gasteiger charge is 2.19. The van der Waals surface area contributed by atoms with E-state index in [1.165, 1.54) is 0 Å². The fourth-order valence-electron chi connectivity index (χ4n) is 3.25. The zero-order valence-electron chi connectivity index (χ0n) is 16.8. The Labute approximate surface area is 175 Å². The first-order valence-corrected chi connectivity index (χ1v) is 9.85. The van der Waals surface area contributed by atoms with Crippen LogP contribution in [0.2, 0.25) is 0 Å². The van der Waals surface area contributed by atoms with Crippen molar-refractivity contribution in [1.82, 2.24) is 5.32 Å². The van der Waals surface area contributed by atoms with E-state index in [1.807, 2.05) is 48.5 Å². The van der Waals surface area contributed by atoms with E-state index < -0.39 is 0 Å². The molecule has 2 N–H and O–H groups in total. The van der Waals surface area contributed by atoms with Crippen molar-refractivity contribution < 1.29 is 19.0 Å². The summed E-state index contributed by atoms with van der Waals surface area (Å²) in [6.07, 6.45) is -0.0437. The lowest BCUT2D eigenvalue weighted by Gasteiger charge is -2.26. The van der Waals surface area contributed by atoms with Gasteiger partial charge in [-0.25, -0.2) is 0 Å². The van der Waals surface area contributed by atoms with E-state index in [0.29, 0.717) is 25.3 Å². The predicted octanol–water partition coefficient (Wildman–Crippen LogP) is 3.88. The molecule has 0 aromatic heterocycles. The predicted molar refractivity (Wildman–Crippen MR) is 115 cm³/mol. The van der Waals surface area contributed by atoms with Crippen LogP contribution in [0.4, 0.5) is 5.69 Å². The third-order valence-electron chi connectivity index (χ3n) is 4.81. The van der Waals surface area contributed by atoms with Crippen molar-refractivity contribution in [2.75, 3.05) is 25.6 Å². The average molecular weight is 404 g/mol. The zero-order chi connectivity index (χ0) is 20.8. The van der Waals surface area contributed by atoms with E-state index in [4.69, 9.17) is 14.2 Å². The van der Waals surface area contributed by atoms with Crippen LogP contribution < -0.4 is 24.8 Å². The molecule has 4 rings (SSSR count). The van der Waals surface area contributed by atoms with Crippen molar-refractivity contribution in [3.63, 3.8) is 0 Å². The summed E-state index contributed by atoms with van der Waals surface area (Å²) in [4.78, 5) is 12.4. The molecule has 0 fully saturated rings. The maximum Gasteiger partial charge on any atom is 0.255 e. The Morgan fingerprint density at radius 3 is 2.63 bits per heavy atom. The van der Waals surface area contributed by atoms with Gasteiger partial charge in [0.25, 0.3) is 5.91 Å². The van der Waals surface area contributed by atoms with Crippen molar-refractivity contribution in [1.29, 1.82) is 0 Å². The molecule has 1 aliphatic heterocycles. The topological polar surface area (TPSA) is 68.8 Å². The van der Waals surface area contributed by atoms with Gasteiger partial charge in [-0.3, -0.25) is 4.79 Å². The number of hydrogen-bond acceptors (Lipinski definition) is 5. The first-order valence-electron chi connectivity index (χ1n) is 9.85. The minimum atomic E-state index is -0.158. The second kappa shape index (κ2) is 9.33. The van der Waals surface area contributed by atoms with Crippen LogP contribution in [0.15, 0.2) is 72.8 Å². The van der Waals surface area contributed by atoms with Gasteiger partial charge in [-0.2, -0.15) is 0 Å². The number of carbonyl (C=O) groups excluding carboxylic acids is 1. The fraction of sp³-hybridized carbons (Fsp3) is 0.208. The van der Waals surface area contributed by atoms with Crippen molar-refractivity contribution in [3.05, 3.63) is 83.9 Å². The average Bonchev–Trinajstić information content (AvgIpc) is 2.79. The Kier molecular flexibility index (Phi) is 6.15. The highest BCUT2D eigenvalue weighted by atomic mass is 16.6. The Morgan fingerprint density at radius 1 is 1.03 bits per heavy atom. The number of benzene rings is 3. The van der Waals surface area contributed by atoms with Gasteiger partial charge < -0.3 is 24.8 Å². The number of ether oxygens (including phenoxy) is 3. The maximum atomic E-state index is 12.4. The van der Waals surface area contributed by atoms with Gasteiger partial charge in [0.2, 0.25) is 0 Å². The lowest BCUT2D eigenvalue weighted by Crippen LogP contribution is -2.38. The lowest BCUT2D eigenvalue weighted by atomic mass is 10.1. The quantitative estimate of drug-likeness (QED) is 0.626. The van der Waals surface area contributed by atoms with Gasteiger partial charge in [-0.15, -0.1) is 0 Å². The van der Waals surface area contributed by atoms with Gasteiger partial charge in [-0.1, -0.05) is 24.3 Å². The second-order valence-electron chi connectivity index (χ2n) is 7.01. The molecule has 1 aliphatic rings. The molecule has 0 saturated heterocycles. The van der Waals surface area contributed by atoms with Gasteiger partial charge in [0, 0.05) is 24.3 Å². The third kappa shape index (κ3) is 4.90. The van der Waals surface area contributed by atoms with Crippen molar-refractivity contribution >= 4 is 11.6 Å². The molecule has 0 spiro atoms. The fourth-order valence-corrected chi connectivity index (χ4v) is 3.25. The van der Waals surface area contributed by atoms with Gasteiger partial charge in [0.1, 0.15) is 18.5 Å². The van der Waals surface area contributed by atoms with Crippen molar-refractivity contribution in [3.8, 4) is 17.2 Å². The third-order valence-corrected chi connectivity index (χ3v) is 4.81. The molecule has 6 heteroatoms. The van der Waals surface area contributed by atoms with Crippen LogP contribution in [0, 0.1) is 0 Å². The van der Waals surface area contributed by atoms with Gasteiger partial charge in [0.05, 0.1) is 7.11 Å². The van der Waals surface area contributed by atoms with Crippen LogP contribution in [0.3, 0.4) is 0 Å². The van der Waals surface area contributed by atoms with Crippen LogP contribution >= 0.6 is 0 Å². The highest BCUT2D eigenvalue weighted by molar-refractivity contribution is 6.04. The van der Waals surface area contributed by atoms with E-state index in [1.54, 1.807) is 31.4 Å². The molecular weight excluding hydrogens is 380 g/mol. The molecular formula is C24H24N2O4. The molecule has 1 atom stereocenters. The molecule has 3 aromatic rings. The van der Waals surface area contributed by atoms with Crippen molar-refractivity contribution in [2.24, 2.45) is 0 Å². The molecule has 0 aliphatic carbocycles. The molecule has 0 unspecified atom stereocenters. The highest BCUT2D eigenvalue weighted by Crippen LogP contribution is 2.30. The van der Waals surface area contributed by atoms with Crippen LogP contribution in [-0.2, 0) is 6.54 Å². The summed E-state index contributed by atoms with van der Waals surface area (Å²) in [6.45, 7) is 1.84. The largest absolute Gasteiger partial charge is 0.497 e. The number of amides is 1. The van der Waals surface area contributed by atoms with Crippen LogP contribution in [0.1, 0.15) is 15.9 Å². The normalized spacial score (nSPS) is 14.8. The van der Waals surface area contributed by atoms with E-state index in [2.05, 4.69) is 10.6 Å². The van der Waals surface area contributed by atoms with Crippen molar-refractivity contribution in [2.45, 2.75) is 12.6 Å². The first-order chi connectivity index (χ1) is 14.7. The molecule has 0 bridgehead atoms. The van der Waals surface area contributed by atoms with Crippen LogP contribution in [0.25, 0.3) is 0 Å². The maximum absolute atomic E-state index is 12.4. The minimum absolute atomic E-state index is 0.0437. The summed E-state index contributed by atoms with van der Waals surface area (Å²) in [5.41, 5.74) is 2.40. The second-order valence-corrected chi connectivity index (χ2v) is 7.01. The summed E-state index contributed by atoms with van der Waals surface area (Å²) in [5.74, 6) is 2.12. The molecule has 6 nitrogen and oxygen atoms in total. The Bertz CT molecular complexity index is 1000. The monoisotopic (exact) mass is 404 g/mol. The molecule has 1 heterocycles. The molecule has 0 radical (unpaired) electrons. The number of anilines is 1. The van der Waals surface area contributed by atoms with Gasteiger partial charge in [0.15, 0.2) is 11.5 Å². The Balaban J connectivity index is 1.29. The molecule has 3 aromatic carbocycles. The summed E-state index contributed by atoms with van der Waals surface area (Å²) >= 11 is 0. The summed E-state index contributed by atoms with van der Waals surface area (Å²) in [5, 5.41) is 6.33. The van der Waals surface area contributed by atoms with E-state index in [-0.39, 0.29) is 12.0 Å². The Morgan fingerprint density at radius 2 is 1.83 bits per heavy atom. The molecule has 1 amide bonds. The van der Waals surface area contributed by atoms with Crippen LogP contribution in [-0.4, -0.2) is 32.3 Å². The number of hydrogen-bond donors (Lipinski definition) is 2. The number of fused-ring (bicyclic) bond motifs is 1. The Hall–Kier alpha value is -3.51. The smallest absolute Gasteiger partial charge is 0.255 e. The van der Waals surface area contributed by atoms with E-state index in [0.717, 1.165) is 28.5 Å². The lowest BCUT2D eigenvalue weighted by molar-refractivity contribution is 0.0902. The number of nitrogens with one attached hydrogen (secondary N) is 2. The van der Waals surface area contributed by atoms with Crippen LogP contribution in [0.5, 0.6) is 17.2 Å². The van der Waals surface area contributed by atoms with Gasteiger partial charge >= 0.3 is 0 Å².